The van der Waals surface area contributed by atoms with Crippen LogP contribution in [-0.2, 0) is 16.6 Å². The van der Waals surface area contributed by atoms with Crippen molar-refractivity contribution in [3.63, 3.8) is 0 Å². The van der Waals surface area contributed by atoms with Gasteiger partial charge in [-0.15, -0.1) is 0 Å². The molecule has 0 bridgehead atoms. The molecule has 24 heavy (non-hydrogen) atoms. The minimum Gasteiger partial charge on any atom is -0.410 e. The molecule has 0 atom stereocenters. The van der Waals surface area contributed by atoms with Crippen LogP contribution in [-0.4, -0.2) is 21.1 Å². The van der Waals surface area contributed by atoms with Gasteiger partial charge in [-0.25, -0.2) is 17.9 Å². The van der Waals surface area contributed by atoms with Crippen molar-refractivity contribution < 1.29 is 17.9 Å². The van der Waals surface area contributed by atoms with Crippen molar-refractivity contribution in [2.75, 3.05) is 6.54 Å². The van der Waals surface area contributed by atoms with E-state index in [1.54, 1.807) is 25.1 Å². The fourth-order valence-corrected chi connectivity index (χ4v) is 4.03. The average molecular weight is 367 g/mol. The third kappa shape index (κ3) is 3.24. The van der Waals surface area contributed by atoms with Crippen LogP contribution in [0.4, 0.5) is 4.79 Å². The van der Waals surface area contributed by atoms with E-state index in [4.69, 9.17) is 16.3 Å². The van der Waals surface area contributed by atoms with Gasteiger partial charge in [-0.05, 0) is 29.3 Å². The van der Waals surface area contributed by atoms with Crippen molar-refractivity contribution in [3.05, 3.63) is 47.0 Å². The second-order valence-corrected chi connectivity index (χ2v) is 7.35. The minimum atomic E-state index is -3.62. The van der Waals surface area contributed by atoms with E-state index in [2.05, 4.69) is 10.0 Å². The summed E-state index contributed by atoms with van der Waals surface area (Å²) in [6, 6.07) is 10.2. The van der Waals surface area contributed by atoms with Crippen molar-refractivity contribution >= 4 is 27.7 Å². The van der Waals surface area contributed by atoms with E-state index in [0.29, 0.717) is 12.3 Å². The summed E-state index contributed by atoms with van der Waals surface area (Å²) >= 11 is 6.15. The molecule has 8 heteroatoms. The smallest absolute Gasteiger partial charge is 0.410 e. The normalized spacial score (nSPS) is 13.8. The maximum Gasteiger partial charge on any atom is 0.412 e. The number of fused-ring (bicyclic) bond motifs is 1. The molecule has 0 spiro atoms. The number of hydrogen-bond donors (Lipinski definition) is 2. The highest BCUT2D eigenvalue weighted by Crippen LogP contribution is 2.32. The fraction of sp³-hybridized carbons (Fsp3) is 0.188. The first-order valence-corrected chi connectivity index (χ1v) is 9.15. The van der Waals surface area contributed by atoms with E-state index in [0.717, 1.165) is 16.7 Å². The van der Waals surface area contributed by atoms with E-state index in [1.807, 2.05) is 12.1 Å². The molecule has 0 unspecified atom stereocenters. The first kappa shape index (κ1) is 16.8. The molecular formula is C16H15ClN2O4S. The van der Waals surface area contributed by atoms with Crippen LogP contribution in [0.5, 0.6) is 5.75 Å². The lowest BCUT2D eigenvalue weighted by Gasteiger charge is -2.18. The number of nitrogens with one attached hydrogen (secondary N) is 2. The van der Waals surface area contributed by atoms with Gasteiger partial charge in [0.05, 0.1) is 5.02 Å². The Morgan fingerprint density at radius 3 is 2.62 bits per heavy atom. The Morgan fingerprint density at radius 1 is 1.21 bits per heavy atom. The Bertz CT molecular complexity index is 912. The number of benzene rings is 2. The van der Waals surface area contributed by atoms with Crippen molar-refractivity contribution in [2.24, 2.45) is 0 Å². The first-order chi connectivity index (χ1) is 11.4. The number of halogens is 1. The van der Waals surface area contributed by atoms with Crippen molar-refractivity contribution in [1.82, 2.24) is 10.0 Å². The molecule has 3 rings (SSSR count). The van der Waals surface area contributed by atoms with Crippen LogP contribution in [0.15, 0.2) is 41.3 Å². The molecule has 1 aliphatic heterocycles. The van der Waals surface area contributed by atoms with E-state index in [-0.39, 0.29) is 16.5 Å². The lowest BCUT2D eigenvalue weighted by molar-refractivity contribution is 0.194. The lowest BCUT2D eigenvalue weighted by Crippen LogP contribution is -2.31. The molecule has 1 aliphatic rings. The van der Waals surface area contributed by atoms with Gasteiger partial charge in [-0.2, -0.15) is 0 Å². The number of amides is 1. The van der Waals surface area contributed by atoms with Gasteiger partial charge in [0, 0.05) is 18.7 Å². The summed E-state index contributed by atoms with van der Waals surface area (Å²) in [5.74, 6) is 0.483. The highest BCUT2D eigenvalue weighted by Gasteiger charge is 2.19. The quantitative estimate of drug-likeness (QED) is 0.871. The maximum absolute atomic E-state index is 12.1. The summed E-state index contributed by atoms with van der Waals surface area (Å²) < 4.78 is 31.7. The van der Waals surface area contributed by atoms with Gasteiger partial charge in [0.2, 0.25) is 10.0 Å². The van der Waals surface area contributed by atoms with Crippen molar-refractivity contribution in [2.45, 2.75) is 18.4 Å². The van der Waals surface area contributed by atoms with Gasteiger partial charge in [0.1, 0.15) is 10.6 Å². The first-order valence-electron chi connectivity index (χ1n) is 7.29. The molecule has 0 aliphatic carbocycles. The Hall–Kier alpha value is -2.09. The van der Waals surface area contributed by atoms with Crippen LogP contribution >= 0.6 is 11.6 Å². The summed E-state index contributed by atoms with van der Waals surface area (Å²) in [7, 11) is -3.62. The molecule has 1 heterocycles. The minimum absolute atomic E-state index is 0.0309. The second-order valence-electron chi connectivity index (χ2n) is 5.21. The third-order valence-electron chi connectivity index (χ3n) is 3.58. The molecule has 0 fully saturated rings. The van der Waals surface area contributed by atoms with Crippen molar-refractivity contribution in [3.8, 4) is 16.9 Å². The summed E-state index contributed by atoms with van der Waals surface area (Å²) in [6.45, 7) is 2.39. The molecule has 126 valence electrons. The Labute approximate surface area is 144 Å². The van der Waals surface area contributed by atoms with Gasteiger partial charge < -0.3 is 10.1 Å². The van der Waals surface area contributed by atoms with E-state index in [1.165, 1.54) is 6.07 Å². The SMILES string of the molecule is CCNS(=O)(=O)c1ccc(-c2ccc3c(c2)OC(=O)NC3)cc1Cl. The second kappa shape index (κ2) is 6.43. The zero-order chi connectivity index (χ0) is 17.3. The molecule has 0 saturated carbocycles. The predicted octanol–water partition coefficient (Wildman–Crippen LogP) is 2.91. The third-order valence-corrected chi connectivity index (χ3v) is 5.61. The molecule has 2 aromatic rings. The number of rotatable bonds is 4. The van der Waals surface area contributed by atoms with Crippen LogP contribution in [0, 0.1) is 0 Å². The number of carbonyl (C=O) groups excluding carboxylic acids is 1. The van der Waals surface area contributed by atoms with E-state index < -0.39 is 16.1 Å². The number of hydrogen-bond acceptors (Lipinski definition) is 4. The molecular weight excluding hydrogens is 352 g/mol. The largest absolute Gasteiger partial charge is 0.412 e. The monoisotopic (exact) mass is 366 g/mol. The van der Waals surface area contributed by atoms with Crippen LogP contribution in [0.25, 0.3) is 11.1 Å². The summed E-state index contributed by atoms with van der Waals surface area (Å²) in [5.41, 5.74) is 2.38. The van der Waals surface area contributed by atoms with Gasteiger partial charge in [-0.1, -0.05) is 36.7 Å². The summed E-state index contributed by atoms with van der Waals surface area (Å²) in [6.07, 6.45) is -0.496. The number of sulfonamides is 1. The molecule has 0 saturated heterocycles. The molecule has 0 aromatic heterocycles. The Morgan fingerprint density at radius 2 is 1.92 bits per heavy atom. The fourth-order valence-electron chi connectivity index (χ4n) is 2.44. The summed E-state index contributed by atoms with van der Waals surface area (Å²) in [5, 5.41) is 2.72. The van der Waals surface area contributed by atoms with Gasteiger partial charge in [0.25, 0.3) is 0 Å². The van der Waals surface area contributed by atoms with Crippen LogP contribution in [0.3, 0.4) is 0 Å². The number of carbonyl (C=O) groups is 1. The predicted molar refractivity (Wildman–Crippen MR) is 90.6 cm³/mol. The van der Waals surface area contributed by atoms with Crippen LogP contribution in [0.1, 0.15) is 12.5 Å². The Kier molecular flexibility index (Phi) is 4.49. The Balaban J connectivity index is 1.98. The molecule has 2 aromatic carbocycles. The topological polar surface area (TPSA) is 84.5 Å². The molecule has 6 nitrogen and oxygen atoms in total. The molecule has 2 N–H and O–H groups in total. The molecule has 0 radical (unpaired) electrons. The zero-order valence-corrected chi connectivity index (χ0v) is 14.4. The summed E-state index contributed by atoms with van der Waals surface area (Å²) in [4.78, 5) is 11.3. The van der Waals surface area contributed by atoms with Gasteiger partial charge in [-0.3, -0.25) is 0 Å². The molecule has 1 amide bonds. The van der Waals surface area contributed by atoms with Crippen LogP contribution in [0.2, 0.25) is 5.02 Å². The lowest BCUT2D eigenvalue weighted by atomic mass is 10.0. The highest BCUT2D eigenvalue weighted by molar-refractivity contribution is 7.89. The average Bonchev–Trinajstić information content (AvgIpc) is 2.53. The van der Waals surface area contributed by atoms with Crippen molar-refractivity contribution in [1.29, 1.82) is 0 Å². The van der Waals surface area contributed by atoms with Crippen LogP contribution < -0.4 is 14.8 Å². The highest BCUT2D eigenvalue weighted by atomic mass is 35.5. The standard InChI is InChI=1S/C16H15ClN2O4S/c1-2-19-24(21,22)15-6-5-10(7-13(15)17)11-3-4-12-9-18-16(20)23-14(12)8-11/h3-8,19H,2,9H2,1H3,(H,18,20). The van der Waals surface area contributed by atoms with E-state index in [9.17, 15) is 13.2 Å². The van der Waals surface area contributed by atoms with Gasteiger partial charge in [0.15, 0.2) is 0 Å². The number of ether oxygens (including phenoxy) is 1. The zero-order valence-electron chi connectivity index (χ0n) is 12.8. The van der Waals surface area contributed by atoms with E-state index >= 15 is 0 Å². The maximum atomic E-state index is 12.1. The van der Waals surface area contributed by atoms with Gasteiger partial charge >= 0.3 is 6.09 Å².